The Labute approximate surface area is 305 Å². The minimum atomic E-state index is -0.479. The Bertz CT molecular complexity index is 1440. The predicted molar refractivity (Wildman–Crippen MR) is 204 cm³/mol. The number of carbonyl (C=O) groups is 4. The van der Waals surface area contributed by atoms with E-state index in [4.69, 9.17) is 18.9 Å². The molecule has 1 saturated carbocycles. The number of rotatable bonds is 17. The van der Waals surface area contributed by atoms with E-state index < -0.39 is 11.9 Å². The van der Waals surface area contributed by atoms with Gasteiger partial charge in [0.2, 0.25) is 0 Å². The number of methoxy groups -OCH3 is 1. The van der Waals surface area contributed by atoms with Crippen LogP contribution in [0.3, 0.4) is 0 Å². The SMILES string of the molecule is C.C=CC(=O)OCCCCCCOc1ccc(C(=O)Oc2ccc(C=O)cc2)cc1.CC.CCCC1CCC(c2ccc(OC)c(C=O)c2)CC1. The largest absolute Gasteiger partial charge is 0.496 e. The molecule has 0 spiro atoms. The van der Waals surface area contributed by atoms with E-state index in [9.17, 15) is 19.2 Å². The molecule has 0 N–H and O–H groups in total. The van der Waals surface area contributed by atoms with Gasteiger partial charge in [-0.1, -0.05) is 53.7 Å². The predicted octanol–water partition coefficient (Wildman–Crippen LogP) is 10.6. The highest BCUT2D eigenvalue weighted by atomic mass is 16.5. The van der Waals surface area contributed by atoms with E-state index in [1.807, 2.05) is 26.0 Å². The van der Waals surface area contributed by atoms with Crippen LogP contribution in [0.4, 0.5) is 0 Å². The topological polar surface area (TPSA) is 105 Å². The Balaban J connectivity index is 0.000000512. The zero-order chi connectivity index (χ0) is 36.6. The summed E-state index contributed by atoms with van der Waals surface area (Å²) in [6.45, 7) is 10.6. The molecule has 0 saturated heterocycles. The van der Waals surface area contributed by atoms with Gasteiger partial charge in [0.15, 0.2) is 6.29 Å². The molecule has 0 amide bonds. The average Bonchev–Trinajstić information content (AvgIpc) is 3.17. The van der Waals surface area contributed by atoms with Crippen LogP contribution in [-0.4, -0.2) is 44.8 Å². The van der Waals surface area contributed by atoms with Crippen molar-refractivity contribution in [3.05, 3.63) is 102 Å². The van der Waals surface area contributed by atoms with Crippen molar-refractivity contribution in [3.8, 4) is 17.2 Å². The van der Waals surface area contributed by atoms with Gasteiger partial charge < -0.3 is 18.9 Å². The number of ether oxygens (including phenoxy) is 4. The molecule has 4 rings (SSSR count). The van der Waals surface area contributed by atoms with Crippen LogP contribution >= 0.6 is 0 Å². The summed E-state index contributed by atoms with van der Waals surface area (Å²) in [5, 5.41) is 0. The maximum Gasteiger partial charge on any atom is 0.343 e. The third kappa shape index (κ3) is 16.2. The number of aldehydes is 2. The second kappa shape index (κ2) is 26.1. The summed E-state index contributed by atoms with van der Waals surface area (Å²) >= 11 is 0. The third-order valence-corrected chi connectivity index (χ3v) is 8.43. The molecule has 8 heteroatoms. The maximum absolute atomic E-state index is 12.2. The standard InChI is InChI=1S/C23H24O6.C17H24O2.C2H6.CH4/c1-2-22(25)28-16-6-4-3-5-15-27-20-13-9-19(10-14-20)23(26)29-21-11-7-18(17-24)8-12-21;1-3-4-13-5-7-14(8-6-13)15-9-10-17(19-2)16(11-15)12-18;1-2;/h2,7-14,17H,1,3-6,15-16H2;9-14H,3-8H2,1-2H3;1-2H3;1H4. The average molecular weight is 703 g/mol. The second-order valence-corrected chi connectivity index (χ2v) is 11.9. The summed E-state index contributed by atoms with van der Waals surface area (Å²) in [6, 6.07) is 19.1. The molecular formula is C43H58O8. The summed E-state index contributed by atoms with van der Waals surface area (Å²) < 4.78 is 21.0. The van der Waals surface area contributed by atoms with Crippen molar-refractivity contribution in [2.24, 2.45) is 5.92 Å². The van der Waals surface area contributed by atoms with E-state index in [1.54, 1.807) is 55.6 Å². The van der Waals surface area contributed by atoms with Crippen LogP contribution in [0.1, 0.15) is 135 Å². The van der Waals surface area contributed by atoms with Crippen molar-refractivity contribution < 1.29 is 38.1 Å². The highest BCUT2D eigenvalue weighted by Crippen LogP contribution is 2.38. The van der Waals surface area contributed by atoms with E-state index in [0.29, 0.717) is 53.1 Å². The molecule has 8 nitrogen and oxygen atoms in total. The molecular weight excluding hydrogens is 644 g/mol. The van der Waals surface area contributed by atoms with Gasteiger partial charge in [-0.25, -0.2) is 9.59 Å². The van der Waals surface area contributed by atoms with Crippen LogP contribution < -0.4 is 14.2 Å². The van der Waals surface area contributed by atoms with Gasteiger partial charge in [-0.3, -0.25) is 9.59 Å². The molecule has 0 unspecified atom stereocenters. The molecule has 278 valence electrons. The quantitative estimate of drug-likeness (QED) is 0.0450. The highest BCUT2D eigenvalue weighted by molar-refractivity contribution is 5.91. The minimum absolute atomic E-state index is 0. The first kappa shape index (κ1) is 44.3. The van der Waals surface area contributed by atoms with Gasteiger partial charge in [0.25, 0.3) is 0 Å². The maximum atomic E-state index is 12.2. The Morgan fingerprint density at radius 3 is 2.00 bits per heavy atom. The first-order chi connectivity index (χ1) is 24.4. The fourth-order valence-corrected chi connectivity index (χ4v) is 5.74. The lowest BCUT2D eigenvalue weighted by Gasteiger charge is -2.28. The lowest BCUT2D eigenvalue weighted by atomic mass is 9.77. The molecule has 0 aliphatic heterocycles. The van der Waals surface area contributed by atoms with E-state index >= 15 is 0 Å². The Hall–Kier alpha value is -4.72. The fraction of sp³-hybridized carbons (Fsp3) is 0.442. The number of esters is 2. The highest BCUT2D eigenvalue weighted by Gasteiger charge is 2.22. The molecule has 0 atom stereocenters. The molecule has 0 radical (unpaired) electrons. The smallest absolute Gasteiger partial charge is 0.343 e. The first-order valence-corrected chi connectivity index (χ1v) is 17.8. The molecule has 3 aromatic rings. The third-order valence-electron chi connectivity index (χ3n) is 8.43. The van der Waals surface area contributed by atoms with E-state index in [-0.39, 0.29) is 7.43 Å². The number of carbonyl (C=O) groups excluding carboxylic acids is 4. The van der Waals surface area contributed by atoms with Gasteiger partial charge in [-0.05, 0) is 129 Å². The number of benzene rings is 3. The second-order valence-electron chi connectivity index (χ2n) is 11.9. The molecule has 0 aromatic heterocycles. The summed E-state index contributed by atoms with van der Waals surface area (Å²) in [7, 11) is 1.61. The van der Waals surface area contributed by atoms with Crippen LogP contribution in [0.25, 0.3) is 0 Å². The van der Waals surface area contributed by atoms with Crippen LogP contribution in [0, 0.1) is 5.92 Å². The summed E-state index contributed by atoms with van der Waals surface area (Å²) in [5.74, 6) is 2.40. The Kier molecular flexibility index (Phi) is 22.7. The van der Waals surface area contributed by atoms with Crippen LogP contribution in [0.5, 0.6) is 17.2 Å². The van der Waals surface area contributed by atoms with Gasteiger partial charge in [0.05, 0.1) is 31.5 Å². The number of unbranched alkanes of at least 4 members (excludes halogenated alkanes) is 3. The van der Waals surface area contributed by atoms with Crippen molar-refractivity contribution >= 4 is 24.5 Å². The monoisotopic (exact) mass is 702 g/mol. The van der Waals surface area contributed by atoms with Gasteiger partial charge in [-0.2, -0.15) is 0 Å². The van der Waals surface area contributed by atoms with Crippen LogP contribution in [-0.2, 0) is 9.53 Å². The normalized spacial score (nSPS) is 14.4. The molecule has 1 fully saturated rings. The summed E-state index contributed by atoms with van der Waals surface area (Å²) in [6.07, 6.45) is 14.3. The fourth-order valence-electron chi connectivity index (χ4n) is 5.74. The van der Waals surface area contributed by atoms with E-state index in [0.717, 1.165) is 50.2 Å². The first-order valence-electron chi connectivity index (χ1n) is 17.8. The van der Waals surface area contributed by atoms with Gasteiger partial charge in [-0.15, -0.1) is 0 Å². The molecule has 0 bridgehead atoms. The zero-order valence-electron chi connectivity index (χ0n) is 30.2. The van der Waals surface area contributed by atoms with Gasteiger partial charge in [0, 0.05) is 11.6 Å². The molecule has 1 aliphatic rings. The minimum Gasteiger partial charge on any atom is -0.496 e. The van der Waals surface area contributed by atoms with Gasteiger partial charge >= 0.3 is 11.9 Å². The van der Waals surface area contributed by atoms with Crippen molar-refractivity contribution in [1.29, 1.82) is 0 Å². The van der Waals surface area contributed by atoms with Crippen molar-refractivity contribution in [1.82, 2.24) is 0 Å². The van der Waals surface area contributed by atoms with Crippen molar-refractivity contribution in [3.63, 3.8) is 0 Å². The molecule has 51 heavy (non-hydrogen) atoms. The van der Waals surface area contributed by atoms with Crippen LogP contribution in [0.2, 0.25) is 0 Å². The van der Waals surface area contributed by atoms with Crippen molar-refractivity contribution in [2.45, 2.75) is 98.3 Å². The van der Waals surface area contributed by atoms with Crippen molar-refractivity contribution in [2.75, 3.05) is 20.3 Å². The van der Waals surface area contributed by atoms with Gasteiger partial charge in [0.1, 0.15) is 23.5 Å². The van der Waals surface area contributed by atoms with Crippen LogP contribution in [0.15, 0.2) is 79.4 Å². The molecule has 1 aliphatic carbocycles. The Morgan fingerprint density at radius 2 is 1.43 bits per heavy atom. The lowest BCUT2D eigenvalue weighted by Crippen LogP contribution is -2.13. The zero-order valence-corrected chi connectivity index (χ0v) is 30.2. The molecule has 3 aromatic carbocycles. The number of hydrogen-bond acceptors (Lipinski definition) is 8. The number of hydrogen-bond donors (Lipinski definition) is 0. The summed E-state index contributed by atoms with van der Waals surface area (Å²) in [4.78, 5) is 44.8. The lowest BCUT2D eigenvalue weighted by molar-refractivity contribution is -0.137. The Morgan fingerprint density at radius 1 is 0.804 bits per heavy atom. The summed E-state index contributed by atoms with van der Waals surface area (Å²) in [5.41, 5.74) is 2.90. The van der Waals surface area contributed by atoms with E-state index in [1.165, 1.54) is 44.1 Å². The molecule has 0 heterocycles. The van der Waals surface area contributed by atoms with E-state index in [2.05, 4.69) is 19.6 Å².